The topological polar surface area (TPSA) is 21.3 Å². The van der Waals surface area contributed by atoms with E-state index in [1.165, 1.54) is 44.1 Å². The van der Waals surface area contributed by atoms with E-state index in [0.717, 1.165) is 78.1 Å². The fourth-order valence-electron chi connectivity index (χ4n) is 10.3. The minimum absolute atomic E-state index is 0.908. The van der Waals surface area contributed by atoms with Crippen molar-refractivity contribution in [1.29, 1.82) is 0 Å². The van der Waals surface area contributed by atoms with Gasteiger partial charge in [0, 0.05) is 49.6 Å². The predicted octanol–water partition coefficient (Wildman–Crippen LogP) is 18.5. The van der Waals surface area contributed by atoms with Gasteiger partial charge in [0.25, 0.3) is 0 Å². The molecule has 0 unspecified atom stereocenters. The molecule has 0 amide bonds. The predicted molar refractivity (Wildman–Crippen MR) is 290 cm³/mol. The van der Waals surface area contributed by atoms with Gasteiger partial charge in [-0.05, 0) is 93.5 Å². The molecule has 0 radical (unpaired) electrons. The zero-order valence-corrected chi connectivity index (χ0v) is 37.7. The van der Waals surface area contributed by atoms with Crippen molar-refractivity contribution in [2.75, 3.05) is 4.90 Å². The van der Waals surface area contributed by atoms with E-state index < -0.39 is 0 Å². The average Bonchev–Trinajstić information content (AvgIpc) is 3.98. The molecule has 69 heavy (non-hydrogen) atoms. The average molecular weight is 881 g/mol. The van der Waals surface area contributed by atoms with Gasteiger partial charge in [-0.15, -0.1) is 0 Å². The molecule has 0 spiro atoms. The van der Waals surface area contributed by atoms with E-state index in [1.54, 1.807) is 0 Å². The number of benzene rings is 11. The second-order valence-corrected chi connectivity index (χ2v) is 17.6. The number of rotatable bonds is 9. The maximum Gasteiger partial charge on any atom is 0.143 e. The lowest BCUT2D eigenvalue weighted by Crippen LogP contribution is -2.11. The standard InChI is InChI=1S/C66H44N2O/c1-2-15-45(16-3-1)46-29-31-47(32-30-46)49-37-41-52(42-38-49)67(53-43-39-50(40-44-53)48-33-35-51(36-34-48)54-22-14-23-60-59-21-8-13-28-65(59)69-66(54)60)61-24-9-4-17-55(61)56-18-5-10-25-62(56)68-63-26-11-6-19-57(63)58-20-7-12-27-64(58)68/h1-44H. The molecule has 3 heteroatoms. The highest BCUT2D eigenvalue weighted by Crippen LogP contribution is 2.45. The minimum Gasteiger partial charge on any atom is -0.455 e. The summed E-state index contributed by atoms with van der Waals surface area (Å²) >= 11 is 0. The monoisotopic (exact) mass is 880 g/mol. The lowest BCUT2D eigenvalue weighted by atomic mass is 9.97. The van der Waals surface area contributed by atoms with E-state index in [4.69, 9.17) is 4.42 Å². The molecular weight excluding hydrogens is 837 g/mol. The van der Waals surface area contributed by atoms with E-state index >= 15 is 0 Å². The normalized spacial score (nSPS) is 11.5. The fourth-order valence-corrected chi connectivity index (χ4v) is 10.3. The van der Waals surface area contributed by atoms with Crippen molar-refractivity contribution in [1.82, 2.24) is 4.57 Å². The van der Waals surface area contributed by atoms with Gasteiger partial charge in [0.15, 0.2) is 0 Å². The van der Waals surface area contributed by atoms with Crippen LogP contribution in [0.1, 0.15) is 0 Å². The Bertz CT molecular complexity index is 3920. The zero-order valence-electron chi connectivity index (χ0n) is 37.7. The second kappa shape index (κ2) is 16.9. The first-order chi connectivity index (χ1) is 34.2. The number of hydrogen-bond acceptors (Lipinski definition) is 2. The Morgan fingerprint density at radius 2 is 0.696 bits per heavy atom. The molecule has 11 aromatic carbocycles. The number of hydrogen-bond donors (Lipinski definition) is 0. The van der Waals surface area contributed by atoms with Crippen molar-refractivity contribution >= 4 is 60.8 Å². The van der Waals surface area contributed by atoms with Crippen molar-refractivity contribution in [3.05, 3.63) is 267 Å². The van der Waals surface area contributed by atoms with Crippen molar-refractivity contribution in [2.24, 2.45) is 0 Å². The number of aromatic nitrogens is 1. The van der Waals surface area contributed by atoms with Gasteiger partial charge >= 0.3 is 0 Å². The van der Waals surface area contributed by atoms with Crippen LogP contribution in [-0.2, 0) is 0 Å². The number of para-hydroxylation sites is 6. The maximum atomic E-state index is 6.40. The van der Waals surface area contributed by atoms with E-state index in [-0.39, 0.29) is 0 Å². The highest BCUT2D eigenvalue weighted by atomic mass is 16.3. The molecule has 13 aromatic rings. The van der Waals surface area contributed by atoms with Gasteiger partial charge < -0.3 is 13.9 Å². The molecule has 0 aliphatic heterocycles. The van der Waals surface area contributed by atoms with E-state index in [2.05, 4.69) is 264 Å². The Balaban J connectivity index is 0.903. The molecule has 0 saturated heterocycles. The van der Waals surface area contributed by atoms with Crippen LogP contribution in [0.3, 0.4) is 0 Å². The summed E-state index contributed by atoms with van der Waals surface area (Å²) in [6.07, 6.45) is 0. The molecule has 0 N–H and O–H groups in total. The second-order valence-electron chi connectivity index (χ2n) is 17.6. The molecule has 0 saturated carbocycles. The summed E-state index contributed by atoms with van der Waals surface area (Å²) in [4.78, 5) is 2.40. The Morgan fingerprint density at radius 3 is 1.30 bits per heavy atom. The SMILES string of the molecule is c1ccc(-c2ccc(-c3ccc(N(c4ccc(-c5ccc(-c6cccc7c6oc6ccccc67)cc5)cc4)c4ccccc4-c4ccccc4-n4c5ccccc5c5ccccc54)cc3)cc2)cc1. The molecule has 0 aliphatic carbocycles. The summed E-state index contributed by atoms with van der Waals surface area (Å²) in [5, 5.41) is 4.76. The maximum absolute atomic E-state index is 6.40. The molecule has 0 bridgehead atoms. The van der Waals surface area contributed by atoms with Crippen LogP contribution in [0.25, 0.3) is 105 Å². The van der Waals surface area contributed by atoms with Gasteiger partial charge in [-0.3, -0.25) is 0 Å². The summed E-state index contributed by atoms with van der Waals surface area (Å²) in [7, 11) is 0. The van der Waals surface area contributed by atoms with Crippen LogP contribution in [0, 0.1) is 0 Å². The Kier molecular flexibility index (Phi) is 9.84. The molecule has 13 rings (SSSR count). The molecule has 324 valence electrons. The first-order valence-electron chi connectivity index (χ1n) is 23.6. The number of fused-ring (bicyclic) bond motifs is 6. The van der Waals surface area contributed by atoms with Crippen LogP contribution >= 0.6 is 0 Å². The molecule has 0 aliphatic rings. The van der Waals surface area contributed by atoms with Crippen LogP contribution in [0.5, 0.6) is 0 Å². The van der Waals surface area contributed by atoms with Crippen LogP contribution < -0.4 is 4.90 Å². The van der Waals surface area contributed by atoms with Crippen LogP contribution in [-0.4, -0.2) is 4.57 Å². The molecule has 2 heterocycles. The largest absolute Gasteiger partial charge is 0.455 e. The molecular formula is C66H44N2O. The highest BCUT2D eigenvalue weighted by Gasteiger charge is 2.21. The van der Waals surface area contributed by atoms with E-state index in [9.17, 15) is 0 Å². The summed E-state index contributed by atoms with van der Waals surface area (Å²) in [5.74, 6) is 0. The van der Waals surface area contributed by atoms with Crippen LogP contribution in [0.4, 0.5) is 17.1 Å². The summed E-state index contributed by atoms with van der Waals surface area (Å²) in [6.45, 7) is 0. The van der Waals surface area contributed by atoms with Gasteiger partial charge in [0.2, 0.25) is 0 Å². The summed E-state index contributed by atoms with van der Waals surface area (Å²) < 4.78 is 8.83. The van der Waals surface area contributed by atoms with Gasteiger partial charge in [0.1, 0.15) is 11.2 Å². The Morgan fingerprint density at radius 1 is 0.275 bits per heavy atom. The number of nitrogens with zero attached hydrogens (tertiary/aromatic N) is 2. The molecule has 2 aromatic heterocycles. The summed E-state index contributed by atoms with van der Waals surface area (Å²) in [6, 6.07) is 96.1. The Hall–Kier alpha value is -9.18. The summed E-state index contributed by atoms with van der Waals surface area (Å²) in [5.41, 5.74) is 20.1. The van der Waals surface area contributed by atoms with Crippen molar-refractivity contribution in [2.45, 2.75) is 0 Å². The van der Waals surface area contributed by atoms with Crippen LogP contribution in [0.15, 0.2) is 271 Å². The third kappa shape index (κ3) is 7.08. The zero-order chi connectivity index (χ0) is 45.7. The van der Waals surface area contributed by atoms with Crippen LogP contribution in [0.2, 0.25) is 0 Å². The van der Waals surface area contributed by atoms with Gasteiger partial charge in [-0.25, -0.2) is 0 Å². The smallest absolute Gasteiger partial charge is 0.143 e. The van der Waals surface area contributed by atoms with E-state index in [0.29, 0.717) is 0 Å². The third-order valence-electron chi connectivity index (χ3n) is 13.7. The quantitative estimate of drug-likeness (QED) is 0.144. The van der Waals surface area contributed by atoms with Crippen molar-refractivity contribution in [3.63, 3.8) is 0 Å². The Labute approximate surface area is 401 Å². The first kappa shape index (κ1) is 40.1. The number of anilines is 3. The van der Waals surface area contributed by atoms with Gasteiger partial charge in [-0.2, -0.15) is 0 Å². The van der Waals surface area contributed by atoms with E-state index in [1.807, 2.05) is 12.1 Å². The minimum atomic E-state index is 0.908. The van der Waals surface area contributed by atoms with Crippen molar-refractivity contribution in [3.8, 4) is 61.3 Å². The molecule has 3 nitrogen and oxygen atoms in total. The lowest BCUT2D eigenvalue weighted by Gasteiger charge is -2.29. The molecule has 0 atom stereocenters. The highest BCUT2D eigenvalue weighted by molar-refractivity contribution is 6.11. The van der Waals surface area contributed by atoms with Crippen molar-refractivity contribution < 1.29 is 4.42 Å². The third-order valence-corrected chi connectivity index (χ3v) is 13.7. The van der Waals surface area contributed by atoms with Gasteiger partial charge in [0.05, 0.1) is 22.4 Å². The molecule has 0 fully saturated rings. The lowest BCUT2D eigenvalue weighted by molar-refractivity contribution is 0.670. The first-order valence-corrected chi connectivity index (χ1v) is 23.6. The van der Waals surface area contributed by atoms with Gasteiger partial charge in [-0.1, -0.05) is 212 Å². The number of furan rings is 1. The fraction of sp³-hybridized carbons (Fsp3) is 0.